The maximum Gasteiger partial charge on any atom is 0.387 e. The summed E-state index contributed by atoms with van der Waals surface area (Å²) in [6, 6.07) is 11.6. The molecular formula is C19H19F3N2O3S. The Bertz CT molecular complexity index is 771. The molecule has 0 spiro atoms. The molecule has 28 heavy (non-hydrogen) atoms. The van der Waals surface area contributed by atoms with Gasteiger partial charge in [-0.25, -0.2) is 4.39 Å². The maximum absolute atomic E-state index is 12.8. The van der Waals surface area contributed by atoms with Crippen molar-refractivity contribution in [3.63, 3.8) is 0 Å². The molecule has 0 aliphatic rings. The Balaban J connectivity index is 1.59. The summed E-state index contributed by atoms with van der Waals surface area (Å²) in [6.45, 7) is -2.48. The molecule has 0 heterocycles. The number of alkyl halides is 2. The predicted octanol–water partition coefficient (Wildman–Crippen LogP) is 3.46. The zero-order chi connectivity index (χ0) is 20.4. The van der Waals surface area contributed by atoms with Crippen LogP contribution in [0.5, 0.6) is 5.75 Å². The molecule has 0 fully saturated rings. The van der Waals surface area contributed by atoms with Crippen LogP contribution >= 0.6 is 11.8 Å². The Morgan fingerprint density at radius 2 is 1.61 bits per heavy atom. The van der Waals surface area contributed by atoms with Crippen LogP contribution in [0.1, 0.15) is 5.56 Å². The lowest BCUT2D eigenvalue weighted by Crippen LogP contribution is -2.28. The highest BCUT2D eigenvalue weighted by Crippen LogP contribution is 2.15. The Hall–Kier alpha value is -2.68. The molecule has 0 atom stereocenters. The van der Waals surface area contributed by atoms with Gasteiger partial charge in [0.25, 0.3) is 0 Å². The van der Waals surface area contributed by atoms with Crippen LogP contribution < -0.4 is 15.4 Å². The molecule has 5 nitrogen and oxygen atoms in total. The van der Waals surface area contributed by atoms with Crippen LogP contribution in [-0.4, -0.2) is 36.5 Å². The Morgan fingerprint density at radius 3 is 2.25 bits per heavy atom. The van der Waals surface area contributed by atoms with Gasteiger partial charge >= 0.3 is 6.61 Å². The van der Waals surface area contributed by atoms with Crippen molar-refractivity contribution in [3.05, 3.63) is 59.9 Å². The van der Waals surface area contributed by atoms with Gasteiger partial charge in [0, 0.05) is 12.2 Å². The summed E-state index contributed by atoms with van der Waals surface area (Å²) in [5, 5.41) is 5.33. The minimum atomic E-state index is -2.86. The monoisotopic (exact) mass is 412 g/mol. The van der Waals surface area contributed by atoms with Crippen LogP contribution in [0.25, 0.3) is 0 Å². The third-order valence-corrected chi connectivity index (χ3v) is 4.41. The number of rotatable bonds is 10. The summed E-state index contributed by atoms with van der Waals surface area (Å²) >= 11 is 1.16. The van der Waals surface area contributed by atoms with Gasteiger partial charge in [-0.15, -0.1) is 11.8 Å². The van der Waals surface area contributed by atoms with Crippen LogP contribution in [0.2, 0.25) is 0 Å². The molecule has 2 aromatic carbocycles. The van der Waals surface area contributed by atoms with Crippen molar-refractivity contribution in [2.75, 3.05) is 23.4 Å². The minimum absolute atomic E-state index is 0.0816. The summed E-state index contributed by atoms with van der Waals surface area (Å²) in [4.78, 5) is 23.5. The SMILES string of the molecule is O=C(CSCC(=O)Nc1ccc(F)cc1)NCCc1ccc(OC(F)F)cc1. The first-order valence-corrected chi connectivity index (χ1v) is 9.51. The van der Waals surface area contributed by atoms with E-state index in [-0.39, 0.29) is 34.9 Å². The summed E-state index contributed by atoms with van der Waals surface area (Å²) in [5.74, 6) is -0.582. The summed E-state index contributed by atoms with van der Waals surface area (Å²) in [5.41, 5.74) is 1.36. The van der Waals surface area contributed by atoms with Gasteiger partial charge in [-0.1, -0.05) is 12.1 Å². The number of hydrogen-bond acceptors (Lipinski definition) is 4. The number of amides is 2. The fraction of sp³-hybridized carbons (Fsp3) is 0.263. The van der Waals surface area contributed by atoms with Gasteiger partial charge in [-0.2, -0.15) is 8.78 Å². The number of thioether (sulfide) groups is 1. The molecule has 9 heteroatoms. The summed E-state index contributed by atoms with van der Waals surface area (Å²) in [7, 11) is 0. The van der Waals surface area contributed by atoms with Gasteiger partial charge in [0.1, 0.15) is 11.6 Å². The normalized spacial score (nSPS) is 10.6. The largest absolute Gasteiger partial charge is 0.435 e. The van der Waals surface area contributed by atoms with Crippen LogP contribution in [0, 0.1) is 5.82 Å². The van der Waals surface area contributed by atoms with Crippen molar-refractivity contribution in [2.24, 2.45) is 0 Å². The minimum Gasteiger partial charge on any atom is -0.435 e. The first-order chi connectivity index (χ1) is 13.4. The third-order valence-electron chi connectivity index (χ3n) is 3.48. The summed E-state index contributed by atoms with van der Waals surface area (Å²) in [6.07, 6.45) is 0.538. The molecule has 2 amide bonds. The van der Waals surface area contributed by atoms with E-state index in [1.165, 1.54) is 36.4 Å². The standard InChI is InChI=1S/C19H19F3N2O3S/c20-14-3-5-15(6-4-14)24-18(26)12-28-11-17(25)23-10-9-13-1-7-16(8-2-13)27-19(21)22/h1-8,19H,9-12H2,(H,23,25)(H,24,26). The second kappa shape index (κ2) is 11.2. The van der Waals surface area contributed by atoms with Crippen LogP contribution in [0.15, 0.2) is 48.5 Å². The molecule has 0 unspecified atom stereocenters. The van der Waals surface area contributed by atoms with Crippen LogP contribution in [0.3, 0.4) is 0 Å². The van der Waals surface area contributed by atoms with Gasteiger partial charge in [-0.05, 0) is 48.4 Å². The molecule has 0 radical (unpaired) electrons. The molecule has 0 saturated carbocycles. The molecule has 0 bridgehead atoms. The van der Waals surface area contributed by atoms with Crippen molar-refractivity contribution >= 4 is 29.3 Å². The average molecular weight is 412 g/mol. The lowest BCUT2D eigenvalue weighted by molar-refractivity contribution is -0.118. The fourth-order valence-corrected chi connectivity index (χ4v) is 2.85. The zero-order valence-electron chi connectivity index (χ0n) is 14.8. The van der Waals surface area contributed by atoms with Crippen LogP contribution in [0.4, 0.5) is 18.9 Å². The highest BCUT2D eigenvalue weighted by atomic mass is 32.2. The zero-order valence-corrected chi connectivity index (χ0v) is 15.6. The van der Waals surface area contributed by atoms with Gasteiger partial charge in [0.05, 0.1) is 11.5 Å². The number of hydrogen-bond donors (Lipinski definition) is 2. The lowest BCUT2D eigenvalue weighted by Gasteiger charge is -2.08. The third kappa shape index (κ3) is 8.34. The number of nitrogens with one attached hydrogen (secondary N) is 2. The number of carbonyl (C=O) groups excluding carboxylic acids is 2. The molecule has 0 saturated heterocycles. The molecular weight excluding hydrogens is 393 g/mol. The van der Waals surface area contributed by atoms with E-state index in [4.69, 9.17) is 0 Å². The Morgan fingerprint density at radius 1 is 0.964 bits per heavy atom. The Kier molecular flexibility index (Phi) is 8.67. The Labute approximate surface area is 164 Å². The van der Waals surface area contributed by atoms with Crippen molar-refractivity contribution in [2.45, 2.75) is 13.0 Å². The lowest BCUT2D eigenvalue weighted by atomic mass is 10.1. The maximum atomic E-state index is 12.8. The molecule has 0 aromatic heterocycles. The smallest absolute Gasteiger partial charge is 0.387 e. The quantitative estimate of drug-likeness (QED) is 0.627. The van der Waals surface area contributed by atoms with Crippen molar-refractivity contribution in [1.82, 2.24) is 5.32 Å². The van der Waals surface area contributed by atoms with E-state index in [0.717, 1.165) is 17.3 Å². The predicted molar refractivity (Wildman–Crippen MR) is 102 cm³/mol. The first-order valence-electron chi connectivity index (χ1n) is 8.36. The summed E-state index contributed by atoms with van der Waals surface area (Å²) < 4.78 is 41.2. The van der Waals surface area contributed by atoms with Gasteiger partial charge in [-0.3, -0.25) is 9.59 Å². The van der Waals surface area contributed by atoms with E-state index in [0.29, 0.717) is 18.7 Å². The molecule has 150 valence electrons. The molecule has 0 aliphatic heterocycles. The van der Waals surface area contributed by atoms with Crippen molar-refractivity contribution < 1.29 is 27.5 Å². The van der Waals surface area contributed by atoms with E-state index >= 15 is 0 Å². The second-order valence-electron chi connectivity index (χ2n) is 5.67. The van der Waals surface area contributed by atoms with E-state index < -0.39 is 6.61 Å². The van der Waals surface area contributed by atoms with Gasteiger partial charge in [0.2, 0.25) is 11.8 Å². The number of ether oxygens (including phenoxy) is 1. The van der Waals surface area contributed by atoms with Gasteiger partial charge < -0.3 is 15.4 Å². The number of benzene rings is 2. The van der Waals surface area contributed by atoms with E-state index in [9.17, 15) is 22.8 Å². The van der Waals surface area contributed by atoms with E-state index in [2.05, 4.69) is 15.4 Å². The highest BCUT2D eigenvalue weighted by Gasteiger charge is 2.07. The molecule has 2 rings (SSSR count). The van der Waals surface area contributed by atoms with Crippen LogP contribution in [-0.2, 0) is 16.0 Å². The van der Waals surface area contributed by atoms with Crippen molar-refractivity contribution in [3.8, 4) is 5.75 Å². The van der Waals surface area contributed by atoms with E-state index in [1.54, 1.807) is 12.1 Å². The van der Waals surface area contributed by atoms with Gasteiger partial charge in [0.15, 0.2) is 0 Å². The number of carbonyl (C=O) groups is 2. The molecule has 0 aliphatic carbocycles. The molecule has 2 aromatic rings. The highest BCUT2D eigenvalue weighted by molar-refractivity contribution is 8.00. The topological polar surface area (TPSA) is 67.4 Å². The second-order valence-corrected chi connectivity index (χ2v) is 6.66. The van der Waals surface area contributed by atoms with Crippen molar-refractivity contribution in [1.29, 1.82) is 0 Å². The fourth-order valence-electron chi connectivity index (χ4n) is 2.20. The average Bonchev–Trinajstić information content (AvgIpc) is 2.64. The number of halogens is 3. The number of anilines is 1. The molecule has 2 N–H and O–H groups in total. The van der Waals surface area contributed by atoms with E-state index in [1.807, 2.05) is 0 Å². The first kappa shape index (κ1) is 21.6.